The molecular weight excluding hydrogens is 486 g/mol. The van der Waals surface area contributed by atoms with Crippen molar-refractivity contribution in [3.8, 4) is 0 Å². The molecule has 0 saturated carbocycles. The number of carbonyl (C=O) groups excluding carboxylic acids is 2. The van der Waals surface area contributed by atoms with Crippen LogP contribution in [0.3, 0.4) is 0 Å². The molecule has 0 bridgehead atoms. The topological polar surface area (TPSA) is 65.8 Å². The number of hydrogen-bond acceptors (Lipinski definition) is 5. The normalized spacial score (nSPS) is 17.2. The van der Waals surface area contributed by atoms with Crippen LogP contribution in [0.5, 0.6) is 0 Å². The zero-order chi connectivity index (χ0) is 27.4. The van der Waals surface area contributed by atoms with E-state index in [4.69, 9.17) is 4.42 Å². The molecular formula is C33H41N3O3. The molecule has 6 nitrogen and oxygen atoms in total. The van der Waals surface area contributed by atoms with Crippen LogP contribution in [-0.4, -0.2) is 37.9 Å². The Bertz CT molecular complexity index is 1280. The van der Waals surface area contributed by atoms with Gasteiger partial charge in [-0.1, -0.05) is 24.3 Å². The standard InChI is InChI=1S/C33H41N3O3/c1-23-7-13-29(30(21-23)36-17-5-4-6-18-36)33(31-14-8-24(2)39-31)34-32(38)22-26-9-11-28(12-10-26)35-19-15-27(16-20-35)25(3)37/h7-14,21,27,33H,4-6,15-20,22H2,1-3H3,(H,34,38). The van der Waals surface area contributed by atoms with Gasteiger partial charge in [0.05, 0.1) is 6.42 Å². The lowest BCUT2D eigenvalue weighted by molar-refractivity contribution is -0.122. The van der Waals surface area contributed by atoms with Gasteiger partial charge in [0, 0.05) is 49.0 Å². The summed E-state index contributed by atoms with van der Waals surface area (Å²) in [4.78, 5) is 29.9. The van der Waals surface area contributed by atoms with Gasteiger partial charge in [-0.2, -0.15) is 0 Å². The molecule has 3 heterocycles. The van der Waals surface area contributed by atoms with E-state index in [1.165, 1.54) is 30.5 Å². The maximum Gasteiger partial charge on any atom is 0.225 e. The highest BCUT2D eigenvalue weighted by Gasteiger charge is 2.26. The quantitative estimate of drug-likeness (QED) is 0.381. The van der Waals surface area contributed by atoms with Gasteiger partial charge in [-0.25, -0.2) is 0 Å². The van der Waals surface area contributed by atoms with Crippen molar-refractivity contribution in [1.29, 1.82) is 0 Å². The number of piperidine rings is 2. The number of benzene rings is 2. The van der Waals surface area contributed by atoms with Crippen molar-refractivity contribution < 1.29 is 14.0 Å². The Balaban J connectivity index is 1.31. The van der Waals surface area contributed by atoms with Crippen molar-refractivity contribution in [1.82, 2.24) is 5.32 Å². The number of furan rings is 1. The Morgan fingerprint density at radius 2 is 1.62 bits per heavy atom. The molecule has 0 radical (unpaired) electrons. The maximum absolute atomic E-state index is 13.4. The molecule has 2 aliphatic rings. The summed E-state index contributed by atoms with van der Waals surface area (Å²) in [5.74, 6) is 2.05. The molecule has 2 saturated heterocycles. The van der Waals surface area contributed by atoms with Crippen molar-refractivity contribution >= 4 is 23.1 Å². The summed E-state index contributed by atoms with van der Waals surface area (Å²) in [7, 11) is 0. The second kappa shape index (κ2) is 12.1. The molecule has 1 amide bonds. The second-order valence-corrected chi connectivity index (χ2v) is 11.3. The van der Waals surface area contributed by atoms with E-state index in [9.17, 15) is 9.59 Å². The van der Waals surface area contributed by atoms with Gasteiger partial charge in [-0.3, -0.25) is 9.59 Å². The van der Waals surface area contributed by atoms with Crippen LogP contribution in [-0.2, 0) is 16.0 Å². The molecule has 1 atom stereocenters. The highest BCUT2D eigenvalue weighted by Crippen LogP contribution is 2.34. The number of ketones is 1. The fraction of sp³-hybridized carbons (Fsp3) is 0.455. The molecule has 1 N–H and O–H groups in total. The van der Waals surface area contributed by atoms with Crippen molar-refractivity contribution in [3.63, 3.8) is 0 Å². The third kappa shape index (κ3) is 6.55. The molecule has 0 spiro atoms. The molecule has 2 fully saturated rings. The number of nitrogens with one attached hydrogen (secondary N) is 1. The predicted molar refractivity (Wildman–Crippen MR) is 156 cm³/mol. The highest BCUT2D eigenvalue weighted by atomic mass is 16.3. The fourth-order valence-corrected chi connectivity index (χ4v) is 5.98. The van der Waals surface area contributed by atoms with Crippen LogP contribution in [0.25, 0.3) is 0 Å². The van der Waals surface area contributed by atoms with E-state index in [2.05, 4.69) is 52.4 Å². The first-order chi connectivity index (χ1) is 18.9. The van der Waals surface area contributed by atoms with Crippen molar-refractivity contribution in [2.45, 2.75) is 65.3 Å². The zero-order valence-corrected chi connectivity index (χ0v) is 23.5. The Hall–Kier alpha value is -3.54. The van der Waals surface area contributed by atoms with E-state index in [-0.39, 0.29) is 17.9 Å². The highest BCUT2D eigenvalue weighted by molar-refractivity contribution is 5.80. The van der Waals surface area contributed by atoms with E-state index < -0.39 is 0 Å². The maximum atomic E-state index is 13.4. The third-order valence-corrected chi connectivity index (χ3v) is 8.28. The van der Waals surface area contributed by atoms with Crippen LogP contribution in [0.4, 0.5) is 11.4 Å². The Labute approximate surface area is 232 Å². The number of nitrogens with zero attached hydrogens (tertiary/aromatic N) is 2. The van der Waals surface area contributed by atoms with Gasteiger partial charge < -0.3 is 19.5 Å². The number of aryl methyl sites for hydroxylation is 2. The minimum absolute atomic E-state index is 0.0331. The number of anilines is 2. The van der Waals surface area contributed by atoms with Crippen LogP contribution in [0, 0.1) is 19.8 Å². The molecule has 6 heteroatoms. The first kappa shape index (κ1) is 27.0. The van der Waals surface area contributed by atoms with Gasteiger partial charge in [-0.15, -0.1) is 0 Å². The van der Waals surface area contributed by atoms with E-state index in [1.54, 1.807) is 6.92 Å². The van der Waals surface area contributed by atoms with Crippen molar-refractivity contribution in [2.24, 2.45) is 5.92 Å². The fourth-order valence-electron chi connectivity index (χ4n) is 5.98. The number of rotatable bonds is 8. The second-order valence-electron chi connectivity index (χ2n) is 11.3. The van der Waals surface area contributed by atoms with Crippen LogP contribution in [0.1, 0.15) is 73.3 Å². The van der Waals surface area contributed by atoms with Crippen LogP contribution in [0.15, 0.2) is 59.0 Å². The van der Waals surface area contributed by atoms with Crippen molar-refractivity contribution in [2.75, 3.05) is 36.0 Å². The average Bonchev–Trinajstić information content (AvgIpc) is 3.38. The summed E-state index contributed by atoms with van der Waals surface area (Å²) in [5, 5.41) is 3.30. The van der Waals surface area contributed by atoms with E-state index in [0.29, 0.717) is 12.2 Å². The molecule has 39 heavy (non-hydrogen) atoms. The number of hydrogen-bond donors (Lipinski definition) is 1. The molecule has 5 rings (SSSR count). The smallest absolute Gasteiger partial charge is 0.225 e. The first-order valence-electron chi connectivity index (χ1n) is 14.4. The molecule has 2 aromatic carbocycles. The zero-order valence-electron chi connectivity index (χ0n) is 23.5. The Morgan fingerprint density at radius 3 is 2.26 bits per heavy atom. The lowest BCUT2D eigenvalue weighted by Crippen LogP contribution is -2.35. The lowest BCUT2D eigenvalue weighted by Gasteiger charge is -2.33. The largest absolute Gasteiger partial charge is 0.464 e. The molecule has 0 aliphatic carbocycles. The van der Waals surface area contributed by atoms with Gasteiger partial charge in [0.25, 0.3) is 0 Å². The lowest BCUT2D eigenvalue weighted by atomic mass is 9.93. The van der Waals surface area contributed by atoms with Gasteiger partial charge >= 0.3 is 0 Å². The summed E-state index contributed by atoms with van der Waals surface area (Å²) < 4.78 is 6.07. The van der Waals surface area contributed by atoms with E-state index in [1.807, 2.05) is 31.2 Å². The SMILES string of the molecule is CC(=O)C1CCN(c2ccc(CC(=O)NC(c3ccc(C)o3)c3ccc(C)cc3N3CCCCC3)cc2)CC1. The average molecular weight is 528 g/mol. The van der Waals surface area contributed by atoms with Crippen LogP contribution >= 0.6 is 0 Å². The molecule has 3 aromatic rings. The molecule has 1 unspecified atom stereocenters. The summed E-state index contributed by atoms with van der Waals surface area (Å²) in [6.45, 7) is 9.62. The van der Waals surface area contributed by atoms with E-state index >= 15 is 0 Å². The summed E-state index contributed by atoms with van der Waals surface area (Å²) in [6, 6.07) is 18.4. The first-order valence-corrected chi connectivity index (χ1v) is 14.4. The number of carbonyl (C=O) groups is 2. The van der Waals surface area contributed by atoms with Gasteiger partial charge in [0.1, 0.15) is 23.3 Å². The minimum atomic E-state index is -0.356. The summed E-state index contributed by atoms with van der Waals surface area (Å²) in [6.07, 6.45) is 5.76. The predicted octanol–water partition coefficient (Wildman–Crippen LogP) is 6.14. The van der Waals surface area contributed by atoms with Crippen LogP contribution < -0.4 is 15.1 Å². The number of amides is 1. The monoisotopic (exact) mass is 527 g/mol. The van der Waals surface area contributed by atoms with Crippen molar-refractivity contribution in [3.05, 3.63) is 82.8 Å². The van der Waals surface area contributed by atoms with E-state index in [0.717, 1.165) is 67.4 Å². The molecule has 206 valence electrons. The number of Topliss-reactive ketones (excluding diaryl/α,β-unsaturated/α-hetero) is 1. The van der Waals surface area contributed by atoms with Gasteiger partial charge in [0.15, 0.2) is 0 Å². The third-order valence-electron chi connectivity index (χ3n) is 8.28. The molecule has 2 aliphatic heterocycles. The minimum Gasteiger partial charge on any atom is -0.464 e. The Kier molecular flexibility index (Phi) is 8.39. The summed E-state index contributed by atoms with van der Waals surface area (Å²) in [5.41, 5.74) is 5.60. The van der Waals surface area contributed by atoms with Crippen LogP contribution in [0.2, 0.25) is 0 Å². The van der Waals surface area contributed by atoms with Gasteiger partial charge in [-0.05, 0) is 94.3 Å². The van der Waals surface area contributed by atoms with Gasteiger partial charge in [0.2, 0.25) is 5.91 Å². The summed E-state index contributed by atoms with van der Waals surface area (Å²) >= 11 is 0. The Morgan fingerprint density at radius 1 is 0.897 bits per heavy atom. The molecule has 1 aromatic heterocycles.